The normalized spacial score (nSPS) is 11.9. The van der Waals surface area contributed by atoms with Gasteiger partial charge in [-0.15, -0.1) is 0 Å². The van der Waals surface area contributed by atoms with Crippen LogP contribution in [0.4, 0.5) is 5.69 Å². The summed E-state index contributed by atoms with van der Waals surface area (Å²) in [4.78, 5) is 24.9. The Morgan fingerprint density at radius 2 is 1.87 bits per heavy atom. The summed E-state index contributed by atoms with van der Waals surface area (Å²) in [7, 11) is 1.73. The number of allylic oxidation sites excluding steroid dienone is 2. The highest BCUT2D eigenvalue weighted by atomic mass is 16.1. The monoisotopic (exact) mass is 396 g/mol. The Kier molecular flexibility index (Phi) is 7.00. The third-order valence-electron chi connectivity index (χ3n) is 4.54. The van der Waals surface area contributed by atoms with E-state index in [0.717, 1.165) is 39.2 Å². The largest absolute Gasteiger partial charge is 0.323 e. The van der Waals surface area contributed by atoms with Crippen molar-refractivity contribution in [2.45, 2.75) is 13.8 Å². The molecule has 1 N–H and O–H groups in total. The number of aryl methyl sites for hydroxylation is 1. The van der Waals surface area contributed by atoms with E-state index in [-0.39, 0.29) is 5.91 Å². The summed E-state index contributed by atoms with van der Waals surface area (Å²) in [6.07, 6.45) is 12.3. The number of aromatic nitrogens is 2. The number of nitrogens with one attached hydrogen (secondary N) is 1. The molecule has 0 atom stereocenters. The zero-order valence-corrected chi connectivity index (χ0v) is 17.3. The lowest BCUT2D eigenvalue weighted by molar-refractivity contribution is -0.111. The molecule has 0 bridgehead atoms. The molecule has 3 aromatic rings. The SMILES string of the molecule is C/C=C(\C=NC)c1ccncc1/C=C/C(=O)Nc1ccc(-c2ccnc(C)c2)cc1. The lowest BCUT2D eigenvalue weighted by Gasteiger charge is -2.07. The first-order chi connectivity index (χ1) is 14.6. The Morgan fingerprint density at radius 1 is 1.07 bits per heavy atom. The number of hydrogen-bond acceptors (Lipinski definition) is 4. The fourth-order valence-corrected chi connectivity index (χ4v) is 3.06. The van der Waals surface area contributed by atoms with Crippen LogP contribution in [0.15, 0.2) is 78.2 Å². The van der Waals surface area contributed by atoms with Crippen LogP contribution in [-0.2, 0) is 4.79 Å². The van der Waals surface area contributed by atoms with E-state index in [9.17, 15) is 4.79 Å². The first-order valence-electron chi connectivity index (χ1n) is 9.65. The average molecular weight is 396 g/mol. The van der Waals surface area contributed by atoms with Gasteiger partial charge in [0, 0.05) is 54.9 Å². The van der Waals surface area contributed by atoms with E-state index in [1.807, 2.05) is 62.4 Å². The van der Waals surface area contributed by atoms with Crippen molar-refractivity contribution in [2.24, 2.45) is 4.99 Å². The van der Waals surface area contributed by atoms with Crippen LogP contribution in [0.3, 0.4) is 0 Å². The maximum absolute atomic E-state index is 12.4. The lowest BCUT2D eigenvalue weighted by Crippen LogP contribution is -2.07. The standard InChI is InChI=1S/C25H24N4O/c1-4-19(16-26-3)24-12-13-27-17-22(24)7-10-25(30)29-23-8-5-20(6-9-23)21-11-14-28-18(2)15-21/h4-17H,1-3H3,(H,29,30)/b10-7+,19-4+,26-16?. The molecule has 0 saturated heterocycles. The van der Waals surface area contributed by atoms with Crippen LogP contribution in [0.1, 0.15) is 23.7 Å². The fourth-order valence-electron chi connectivity index (χ4n) is 3.06. The molecular weight excluding hydrogens is 372 g/mol. The van der Waals surface area contributed by atoms with Crippen LogP contribution in [0, 0.1) is 6.92 Å². The quantitative estimate of drug-likeness (QED) is 0.459. The maximum atomic E-state index is 12.4. The zero-order valence-electron chi connectivity index (χ0n) is 17.3. The van der Waals surface area contributed by atoms with Crippen LogP contribution < -0.4 is 5.32 Å². The van der Waals surface area contributed by atoms with E-state index >= 15 is 0 Å². The van der Waals surface area contributed by atoms with Crippen LogP contribution in [0.25, 0.3) is 22.8 Å². The van der Waals surface area contributed by atoms with Gasteiger partial charge in [-0.05, 0) is 72.5 Å². The number of carbonyl (C=O) groups is 1. The molecule has 2 aromatic heterocycles. The Labute approximate surface area is 176 Å². The molecule has 0 aliphatic carbocycles. The molecule has 0 fully saturated rings. The molecule has 30 heavy (non-hydrogen) atoms. The van der Waals surface area contributed by atoms with Crippen molar-refractivity contribution in [3.05, 3.63) is 90.0 Å². The van der Waals surface area contributed by atoms with Gasteiger partial charge in [0.1, 0.15) is 0 Å². The molecular formula is C25H24N4O. The maximum Gasteiger partial charge on any atom is 0.248 e. The number of carbonyl (C=O) groups excluding carboxylic acids is 1. The average Bonchev–Trinajstić information content (AvgIpc) is 2.77. The third-order valence-corrected chi connectivity index (χ3v) is 4.54. The molecule has 0 spiro atoms. The molecule has 3 rings (SSSR count). The van der Waals surface area contributed by atoms with Crippen molar-refractivity contribution < 1.29 is 4.79 Å². The first kappa shape index (κ1) is 20.9. The van der Waals surface area contributed by atoms with Gasteiger partial charge < -0.3 is 5.32 Å². The molecule has 1 aromatic carbocycles. The fraction of sp³-hybridized carbons (Fsp3) is 0.120. The van der Waals surface area contributed by atoms with Crippen molar-refractivity contribution in [1.29, 1.82) is 0 Å². The highest BCUT2D eigenvalue weighted by molar-refractivity contribution is 6.11. The molecule has 0 unspecified atom stereocenters. The van der Waals surface area contributed by atoms with Gasteiger partial charge in [-0.1, -0.05) is 18.2 Å². The molecule has 0 aliphatic heterocycles. The summed E-state index contributed by atoms with van der Waals surface area (Å²) in [5.74, 6) is -0.205. The van der Waals surface area contributed by atoms with Crippen molar-refractivity contribution in [3.63, 3.8) is 0 Å². The van der Waals surface area contributed by atoms with Gasteiger partial charge in [0.2, 0.25) is 5.91 Å². The number of anilines is 1. The zero-order chi connectivity index (χ0) is 21.3. The Balaban J connectivity index is 1.71. The molecule has 5 nitrogen and oxygen atoms in total. The second-order valence-electron chi connectivity index (χ2n) is 6.68. The van der Waals surface area contributed by atoms with Gasteiger partial charge in [-0.2, -0.15) is 0 Å². The first-order valence-corrected chi connectivity index (χ1v) is 9.65. The van der Waals surface area contributed by atoms with Gasteiger partial charge >= 0.3 is 0 Å². The summed E-state index contributed by atoms with van der Waals surface area (Å²) in [6, 6.07) is 13.7. The topological polar surface area (TPSA) is 67.2 Å². The molecule has 1 amide bonds. The van der Waals surface area contributed by atoms with Crippen molar-refractivity contribution in [2.75, 3.05) is 12.4 Å². The minimum Gasteiger partial charge on any atom is -0.323 e. The highest BCUT2D eigenvalue weighted by Crippen LogP contribution is 2.22. The van der Waals surface area contributed by atoms with Gasteiger partial charge in [0.15, 0.2) is 0 Å². The van der Waals surface area contributed by atoms with Crippen LogP contribution >= 0.6 is 0 Å². The smallest absolute Gasteiger partial charge is 0.248 e. The van der Waals surface area contributed by atoms with Crippen molar-refractivity contribution in [1.82, 2.24) is 9.97 Å². The Morgan fingerprint density at radius 3 is 2.57 bits per heavy atom. The number of benzene rings is 1. The van der Waals surface area contributed by atoms with Crippen LogP contribution in [-0.4, -0.2) is 29.1 Å². The minimum atomic E-state index is -0.205. The third kappa shape index (κ3) is 5.35. The predicted octanol–water partition coefficient (Wildman–Crippen LogP) is 5.21. The van der Waals surface area contributed by atoms with E-state index in [0.29, 0.717) is 0 Å². The summed E-state index contributed by atoms with van der Waals surface area (Å²) >= 11 is 0. The van der Waals surface area contributed by atoms with E-state index < -0.39 is 0 Å². The number of rotatable bonds is 6. The van der Waals surface area contributed by atoms with Gasteiger partial charge in [0.25, 0.3) is 0 Å². The molecule has 2 heterocycles. The van der Waals surface area contributed by atoms with Crippen LogP contribution in [0.2, 0.25) is 0 Å². The van der Waals surface area contributed by atoms with Crippen LogP contribution in [0.5, 0.6) is 0 Å². The van der Waals surface area contributed by atoms with Gasteiger partial charge in [-0.25, -0.2) is 0 Å². The summed E-state index contributed by atoms with van der Waals surface area (Å²) in [5, 5.41) is 2.89. The summed E-state index contributed by atoms with van der Waals surface area (Å²) in [5.41, 5.74) is 6.67. The van der Waals surface area contributed by atoms with E-state index in [4.69, 9.17) is 0 Å². The molecule has 0 saturated carbocycles. The van der Waals surface area contributed by atoms with Gasteiger partial charge in [-0.3, -0.25) is 19.8 Å². The van der Waals surface area contributed by atoms with Crippen molar-refractivity contribution >= 4 is 29.5 Å². The molecule has 5 heteroatoms. The van der Waals surface area contributed by atoms with E-state index in [1.165, 1.54) is 6.08 Å². The Hall–Kier alpha value is -3.86. The predicted molar refractivity (Wildman–Crippen MR) is 124 cm³/mol. The second-order valence-corrected chi connectivity index (χ2v) is 6.68. The number of hydrogen-bond donors (Lipinski definition) is 1. The number of nitrogens with zero attached hydrogens (tertiary/aromatic N) is 3. The summed E-state index contributed by atoms with van der Waals surface area (Å²) < 4.78 is 0. The van der Waals surface area contributed by atoms with E-state index in [2.05, 4.69) is 20.3 Å². The lowest BCUT2D eigenvalue weighted by atomic mass is 10.0. The minimum absolute atomic E-state index is 0.205. The highest BCUT2D eigenvalue weighted by Gasteiger charge is 2.05. The molecule has 0 aliphatic rings. The number of aliphatic imine (C=N–C) groups is 1. The number of amides is 1. The molecule has 0 radical (unpaired) electrons. The molecule has 150 valence electrons. The van der Waals surface area contributed by atoms with Crippen molar-refractivity contribution in [3.8, 4) is 11.1 Å². The second kappa shape index (κ2) is 10.1. The van der Waals surface area contributed by atoms with E-state index in [1.54, 1.807) is 37.9 Å². The van der Waals surface area contributed by atoms with Gasteiger partial charge in [0.05, 0.1) is 0 Å². The Bertz CT molecular complexity index is 1110. The number of pyridine rings is 2. The summed E-state index contributed by atoms with van der Waals surface area (Å²) in [6.45, 7) is 3.92.